The summed E-state index contributed by atoms with van der Waals surface area (Å²) in [5, 5.41) is 7.88. The van der Waals surface area contributed by atoms with Crippen LogP contribution < -0.4 is 10.6 Å². The fourth-order valence-corrected chi connectivity index (χ4v) is 3.41. The fraction of sp³-hybridized carbons (Fsp3) is 0.688. The Morgan fingerprint density at radius 3 is 2.76 bits per heavy atom. The smallest absolute Gasteiger partial charge is 0.409 e. The van der Waals surface area contributed by atoms with Crippen LogP contribution in [0.25, 0.3) is 0 Å². The fourth-order valence-electron chi connectivity index (χ4n) is 2.63. The number of nitrogens with zero attached hydrogens (tertiary/aromatic N) is 3. The summed E-state index contributed by atoms with van der Waals surface area (Å²) in [7, 11) is 1.42. The van der Waals surface area contributed by atoms with Crippen molar-refractivity contribution in [3.8, 4) is 0 Å². The number of methoxy groups -OCH3 is 1. The zero-order chi connectivity index (χ0) is 17.4. The Hall–Kier alpha value is -1.10. The summed E-state index contributed by atoms with van der Waals surface area (Å²) in [5.41, 5.74) is 0. The molecular formula is C16H28IN5O2S. The van der Waals surface area contributed by atoms with Gasteiger partial charge < -0.3 is 20.3 Å². The lowest BCUT2D eigenvalue weighted by Crippen LogP contribution is -2.49. The highest BCUT2D eigenvalue weighted by molar-refractivity contribution is 14.0. The number of hydrogen-bond donors (Lipinski definition) is 2. The van der Waals surface area contributed by atoms with E-state index in [1.807, 2.05) is 6.20 Å². The maximum atomic E-state index is 11.5. The average Bonchev–Trinajstić information content (AvgIpc) is 3.00. The van der Waals surface area contributed by atoms with Gasteiger partial charge in [-0.05, 0) is 26.7 Å². The summed E-state index contributed by atoms with van der Waals surface area (Å²) >= 11 is 1.72. The molecule has 2 N–H and O–H groups in total. The molecule has 0 unspecified atom stereocenters. The van der Waals surface area contributed by atoms with E-state index in [1.165, 1.54) is 12.0 Å². The molecule has 9 heteroatoms. The van der Waals surface area contributed by atoms with Crippen molar-refractivity contribution in [3.05, 3.63) is 16.1 Å². The number of guanidine groups is 1. The van der Waals surface area contributed by atoms with Gasteiger partial charge in [-0.3, -0.25) is 4.99 Å². The predicted molar refractivity (Wildman–Crippen MR) is 112 cm³/mol. The summed E-state index contributed by atoms with van der Waals surface area (Å²) in [6.07, 6.45) is 4.31. The first-order valence-corrected chi connectivity index (χ1v) is 9.23. The first-order chi connectivity index (χ1) is 11.6. The van der Waals surface area contributed by atoms with Crippen LogP contribution >= 0.6 is 35.3 Å². The molecule has 0 aliphatic carbocycles. The van der Waals surface area contributed by atoms with Gasteiger partial charge in [0.05, 0.1) is 12.1 Å². The van der Waals surface area contributed by atoms with Gasteiger partial charge in [0, 0.05) is 49.7 Å². The standard InChI is InChI=1S/C16H27N5O2S.HI/c1-4-17-15(18-8-5-14-19-11-12(2)24-14)20-13-6-9-21(10-7-13)16(22)23-3;/h11,13H,4-10H2,1-3H3,(H2,17,18,20);1H. The number of ether oxygens (including phenoxy) is 1. The lowest BCUT2D eigenvalue weighted by molar-refractivity contribution is 0.111. The summed E-state index contributed by atoms with van der Waals surface area (Å²) in [4.78, 5) is 23.5. The molecule has 1 saturated heterocycles. The Kier molecular flexibility index (Phi) is 10.1. The van der Waals surface area contributed by atoms with Gasteiger partial charge in [-0.15, -0.1) is 35.3 Å². The lowest BCUT2D eigenvalue weighted by Gasteiger charge is -2.32. The highest BCUT2D eigenvalue weighted by Crippen LogP contribution is 2.12. The number of halogens is 1. The first kappa shape index (κ1) is 21.9. The van der Waals surface area contributed by atoms with Crippen LogP contribution in [0, 0.1) is 6.92 Å². The Morgan fingerprint density at radius 2 is 2.20 bits per heavy atom. The van der Waals surface area contributed by atoms with E-state index < -0.39 is 0 Å². The summed E-state index contributed by atoms with van der Waals surface area (Å²) in [6.45, 7) is 7.08. The topological polar surface area (TPSA) is 78.9 Å². The van der Waals surface area contributed by atoms with Gasteiger partial charge in [-0.25, -0.2) is 9.78 Å². The number of thiazole rings is 1. The van der Waals surface area contributed by atoms with Gasteiger partial charge >= 0.3 is 6.09 Å². The monoisotopic (exact) mass is 481 g/mol. The maximum Gasteiger partial charge on any atom is 0.409 e. The summed E-state index contributed by atoms with van der Waals surface area (Å²) in [6, 6.07) is 0.325. The zero-order valence-corrected chi connectivity index (χ0v) is 18.2. The van der Waals surface area contributed by atoms with Crippen LogP contribution in [0.5, 0.6) is 0 Å². The van der Waals surface area contributed by atoms with Gasteiger partial charge in [-0.2, -0.15) is 0 Å². The zero-order valence-electron chi connectivity index (χ0n) is 15.1. The summed E-state index contributed by atoms with van der Waals surface area (Å²) in [5.74, 6) is 0.835. The van der Waals surface area contributed by atoms with Crippen LogP contribution in [-0.4, -0.2) is 61.3 Å². The predicted octanol–water partition coefficient (Wildman–Crippen LogP) is 2.40. The van der Waals surface area contributed by atoms with Crippen LogP contribution in [0.1, 0.15) is 29.7 Å². The molecule has 2 heterocycles. The van der Waals surface area contributed by atoms with Crippen molar-refractivity contribution in [1.82, 2.24) is 20.5 Å². The van der Waals surface area contributed by atoms with Gasteiger partial charge in [0.1, 0.15) is 0 Å². The van der Waals surface area contributed by atoms with Crippen LogP contribution in [0.2, 0.25) is 0 Å². The molecule has 142 valence electrons. The van der Waals surface area contributed by atoms with Gasteiger partial charge in [0.15, 0.2) is 5.96 Å². The Balaban J connectivity index is 0.00000312. The molecule has 0 spiro atoms. The third-order valence-electron chi connectivity index (χ3n) is 3.88. The molecule has 0 saturated carbocycles. The van der Waals surface area contributed by atoms with E-state index in [0.29, 0.717) is 25.7 Å². The van der Waals surface area contributed by atoms with Crippen LogP contribution in [0.3, 0.4) is 0 Å². The van der Waals surface area contributed by atoms with Crippen LogP contribution in [0.4, 0.5) is 4.79 Å². The number of aliphatic imine (C=N–C) groups is 1. The van der Waals surface area contributed by atoms with Gasteiger partial charge in [0.25, 0.3) is 0 Å². The maximum absolute atomic E-state index is 11.5. The number of carbonyl (C=O) groups is 1. The molecule has 1 amide bonds. The molecule has 1 aromatic heterocycles. The minimum Gasteiger partial charge on any atom is -0.453 e. The molecule has 1 aromatic rings. The molecule has 7 nitrogen and oxygen atoms in total. The Morgan fingerprint density at radius 1 is 1.48 bits per heavy atom. The lowest BCUT2D eigenvalue weighted by atomic mass is 10.1. The number of amides is 1. The van der Waals surface area contributed by atoms with E-state index in [0.717, 1.165) is 36.8 Å². The molecule has 0 bridgehead atoms. The normalized spacial score (nSPS) is 15.5. The minimum atomic E-state index is -0.243. The molecule has 0 radical (unpaired) electrons. The largest absolute Gasteiger partial charge is 0.453 e. The van der Waals surface area contributed by atoms with Crippen molar-refractivity contribution in [2.24, 2.45) is 4.99 Å². The molecular weight excluding hydrogens is 453 g/mol. The van der Waals surface area contributed by atoms with E-state index in [2.05, 4.69) is 34.5 Å². The molecule has 0 aromatic carbocycles. The highest BCUT2D eigenvalue weighted by atomic mass is 127. The van der Waals surface area contributed by atoms with E-state index in [1.54, 1.807) is 16.2 Å². The number of nitrogens with one attached hydrogen (secondary N) is 2. The van der Waals surface area contributed by atoms with Crippen molar-refractivity contribution < 1.29 is 9.53 Å². The van der Waals surface area contributed by atoms with Crippen molar-refractivity contribution >= 4 is 47.4 Å². The summed E-state index contributed by atoms with van der Waals surface area (Å²) < 4.78 is 4.77. The van der Waals surface area contributed by atoms with Crippen LogP contribution in [-0.2, 0) is 11.2 Å². The van der Waals surface area contributed by atoms with Crippen molar-refractivity contribution in [2.75, 3.05) is 33.3 Å². The Bertz CT molecular complexity index is 558. The van der Waals surface area contributed by atoms with E-state index in [-0.39, 0.29) is 30.1 Å². The SMILES string of the molecule is CCNC(=NCCc1ncc(C)s1)NC1CCN(C(=O)OC)CC1.I. The molecule has 25 heavy (non-hydrogen) atoms. The minimum absolute atomic E-state index is 0. The number of aromatic nitrogens is 1. The molecule has 1 aliphatic rings. The average molecular weight is 481 g/mol. The van der Waals surface area contributed by atoms with E-state index in [4.69, 9.17) is 4.74 Å². The number of piperidine rings is 1. The van der Waals surface area contributed by atoms with Gasteiger partial charge in [0.2, 0.25) is 0 Å². The Labute approximate surface area is 170 Å². The second kappa shape index (κ2) is 11.5. The highest BCUT2D eigenvalue weighted by Gasteiger charge is 2.23. The second-order valence-electron chi connectivity index (χ2n) is 5.75. The van der Waals surface area contributed by atoms with E-state index in [9.17, 15) is 4.79 Å². The molecule has 1 aliphatic heterocycles. The molecule has 2 rings (SSSR count). The molecule has 1 fully saturated rings. The third kappa shape index (κ3) is 7.35. The second-order valence-corrected chi connectivity index (χ2v) is 7.07. The third-order valence-corrected chi connectivity index (χ3v) is 4.85. The van der Waals surface area contributed by atoms with Crippen molar-refractivity contribution in [1.29, 1.82) is 0 Å². The van der Waals surface area contributed by atoms with Gasteiger partial charge in [-0.1, -0.05) is 0 Å². The first-order valence-electron chi connectivity index (χ1n) is 8.41. The number of hydrogen-bond acceptors (Lipinski definition) is 5. The molecule has 0 atom stereocenters. The number of likely N-dealkylation sites (tertiary alicyclic amines) is 1. The quantitative estimate of drug-likeness (QED) is 0.384. The van der Waals surface area contributed by atoms with Crippen LogP contribution in [0.15, 0.2) is 11.2 Å². The van der Waals surface area contributed by atoms with E-state index >= 15 is 0 Å². The van der Waals surface area contributed by atoms with Crippen molar-refractivity contribution in [3.63, 3.8) is 0 Å². The number of aryl methyl sites for hydroxylation is 1. The number of rotatable bonds is 5. The van der Waals surface area contributed by atoms with Crippen molar-refractivity contribution in [2.45, 2.75) is 39.2 Å². The number of carbonyl (C=O) groups excluding carboxylic acids is 1.